The number of carbonyl (C=O) groups excluding carboxylic acids is 3. The van der Waals surface area contributed by atoms with E-state index in [-0.39, 0.29) is 30.2 Å². The topological polar surface area (TPSA) is 115 Å². The molecule has 1 aliphatic rings. The lowest BCUT2D eigenvalue weighted by molar-refractivity contribution is -0.142. The molecule has 0 aromatic rings. The predicted molar refractivity (Wildman–Crippen MR) is 139 cm³/mol. The van der Waals surface area contributed by atoms with Gasteiger partial charge in [0.05, 0.1) is 24.3 Å². The molecule has 2 unspecified atom stereocenters. The number of alkyl halides is 1. The van der Waals surface area contributed by atoms with Gasteiger partial charge in [0.2, 0.25) is 5.91 Å². The van der Waals surface area contributed by atoms with Crippen molar-refractivity contribution in [2.75, 3.05) is 0 Å². The first-order valence-corrected chi connectivity index (χ1v) is 13.0. The molecule has 1 rings (SSSR count). The van der Waals surface area contributed by atoms with E-state index >= 15 is 0 Å². The number of hydrogen-bond acceptors (Lipinski definition) is 7. The van der Waals surface area contributed by atoms with Crippen LogP contribution in [0.15, 0.2) is 24.0 Å². The van der Waals surface area contributed by atoms with Gasteiger partial charge in [-0.25, -0.2) is 9.59 Å². The van der Waals surface area contributed by atoms with E-state index in [0.717, 1.165) is 12.8 Å². The normalized spacial score (nSPS) is 21.1. The van der Waals surface area contributed by atoms with Crippen LogP contribution in [0.3, 0.4) is 0 Å². The molecule has 2 amide bonds. The zero-order chi connectivity index (χ0) is 26.9. The molecule has 0 aliphatic heterocycles. The second kappa shape index (κ2) is 13.9. The van der Waals surface area contributed by atoms with Gasteiger partial charge in [0.25, 0.3) is 0 Å². The number of halogens is 1. The zero-order valence-corrected chi connectivity index (χ0v) is 23.8. The minimum atomic E-state index is -0.676. The van der Waals surface area contributed by atoms with E-state index in [1.165, 1.54) is 6.92 Å². The second-order valence-corrected chi connectivity index (χ2v) is 10.9. The Morgan fingerprint density at radius 1 is 1.17 bits per heavy atom. The van der Waals surface area contributed by atoms with Gasteiger partial charge in [0, 0.05) is 24.8 Å². The fraction of sp³-hybridized carbons (Fsp3) is 0.720. The Hall–Kier alpha value is -2.07. The lowest BCUT2D eigenvalue weighted by Crippen LogP contribution is -2.59. The third-order valence-electron chi connectivity index (χ3n) is 5.24. The van der Waals surface area contributed by atoms with Crippen molar-refractivity contribution >= 4 is 33.9 Å². The van der Waals surface area contributed by atoms with Crippen molar-refractivity contribution in [2.45, 2.75) is 110 Å². The Labute approximate surface area is 217 Å². The third kappa shape index (κ3) is 11.0. The summed E-state index contributed by atoms with van der Waals surface area (Å²) in [5.74, 6) is -0.461. The van der Waals surface area contributed by atoms with Gasteiger partial charge in [-0.3, -0.25) is 10.1 Å². The maximum absolute atomic E-state index is 13.0. The Bertz CT molecular complexity index is 789. The number of esters is 1. The summed E-state index contributed by atoms with van der Waals surface area (Å²) in [7, 11) is 0. The van der Waals surface area contributed by atoms with Gasteiger partial charge >= 0.3 is 12.1 Å². The molecule has 0 saturated carbocycles. The largest absolute Gasteiger partial charge is 0.447 e. The molecule has 0 radical (unpaired) electrons. The van der Waals surface area contributed by atoms with E-state index in [1.807, 2.05) is 27.7 Å². The highest BCUT2D eigenvalue weighted by Gasteiger charge is 2.38. The molecule has 0 saturated heterocycles. The molecular weight excluding hydrogens is 518 g/mol. The maximum atomic E-state index is 13.0. The van der Waals surface area contributed by atoms with Crippen LogP contribution in [0.4, 0.5) is 4.79 Å². The van der Waals surface area contributed by atoms with Crippen LogP contribution < -0.4 is 16.0 Å². The first-order valence-electron chi connectivity index (χ1n) is 12.1. The average molecular weight is 561 g/mol. The van der Waals surface area contributed by atoms with Crippen molar-refractivity contribution < 1.29 is 28.6 Å². The minimum absolute atomic E-state index is 0.0637. The van der Waals surface area contributed by atoms with Crippen LogP contribution in [-0.4, -0.2) is 52.9 Å². The van der Waals surface area contributed by atoms with E-state index in [1.54, 1.807) is 26.8 Å². The fourth-order valence-corrected chi connectivity index (χ4v) is 3.67. The highest BCUT2D eigenvalue weighted by Crippen LogP contribution is 2.27. The summed E-state index contributed by atoms with van der Waals surface area (Å²) in [5, 5.41) is 8.18. The van der Waals surface area contributed by atoms with E-state index in [2.05, 4.69) is 38.5 Å². The van der Waals surface area contributed by atoms with Crippen molar-refractivity contribution in [1.82, 2.24) is 16.0 Å². The van der Waals surface area contributed by atoms with E-state index < -0.39 is 40.9 Å². The first-order chi connectivity index (χ1) is 16.2. The number of amides is 2. The summed E-state index contributed by atoms with van der Waals surface area (Å²) in [6.07, 6.45) is 2.17. The summed E-state index contributed by atoms with van der Waals surface area (Å²) in [6.45, 7) is 18.5. The highest BCUT2D eigenvalue weighted by atomic mass is 79.9. The molecule has 0 aromatic carbocycles. The highest BCUT2D eigenvalue weighted by molar-refractivity contribution is 9.09. The lowest BCUT2D eigenvalue weighted by Gasteiger charge is -2.39. The molecule has 0 spiro atoms. The van der Waals surface area contributed by atoms with Gasteiger partial charge in [-0.05, 0) is 55.6 Å². The Balaban J connectivity index is 3.22. The van der Waals surface area contributed by atoms with E-state index in [9.17, 15) is 14.4 Å². The molecule has 0 bridgehead atoms. The number of carbonyl (C=O) groups is 3. The summed E-state index contributed by atoms with van der Waals surface area (Å²) in [5.41, 5.74) is -0.264. The van der Waals surface area contributed by atoms with Crippen molar-refractivity contribution in [2.24, 2.45) is 5.92 Å². The Kier molecular flexibility index (Phi) is 12.3. The van der Waals surface area contributed by atoms with Crippen LogP contribution in [-0.2, 0) is 23.8 Å². The van der Waals surface area contributed by atoms with E-state index in [4.69, 9.17) is 14.2 Å². The van der Waals surface area contributed by atoms with Crippen molar-refractivity contribution in [3.63, 3.8) is 0 Å². The van der Waals surface area contributed by atoms with Gasteiger partial charge in [0.15, 0.2) is 5.01 Å². The SMILES string of the molecule is C=C(NC(=O)OC(C)(C)C)N[C@H]1CC(C(=O)OC(Br)C(C)C)=C[C@@H](OC(CC)CC)C1NC(C)=O. The molecular formula is C25H42BrN3O6. The molecule has 1 aliphatic carbocycles. The van der Waals surface area contributed by atoms with E-state index in [0.29, 0.717) is 5.57 Å². The molecule has 0 fully saturated rings. The monoisotopic (exact) mass is 559 g/mol. The van der Waals surface area contributed by atoms with Crippen LogP contribution >= 0.6 is 15.9 Å². The van der Waals surface area contributed by atoms with Gasteiger partial charge in [0.1, 0.15) is 11.4 Å². The summed E-state index contributed by atoms with van der Waals surface area (Å²) >= 11 is 3.39. The molecule has 4 atom stereocenters. The van der Waals surface area contributed by atoms with Crippen LogP contribution in [0.5, 0.6) is 0 Å². The molecule has 9 nitrogen and oxygen atoms in total. The molecule has 200 valence electrons. The number of ether oxygens (including phenoxy) is 3. The summed E-state index contributed by atoms with van der Waals surface area (Å²) in [6, 6.07) is -1.03. The van der Waals surface area contributed by atoms with Crippen LogP contribution in [0.2, 0.25) is 0 Å². The predicted octanol–water partition coefficient (Wildman–Crippen LogP) is 4.27. The standard InChI is InChI=1S/C25H42BrN3O6/c1-10-18(11-2)33-20-13-17(23(31)34-22(26)14(3)4)12-19(21(20)29-16(6)30)27-15(5)28-24(32)35-25(7,8)9/h13-14,18-22,27H,5,10-12H2,1-4,6-9H3,(H,28,32)(H,29,30)/t19-,20+,21?,22?/m0/s1. The first kappa shape index (κ1) is 31.0. The molecule has 3 N–H and O–H groups in total. The van der Waals surface area contributed by atoms with Crippen molar-refractivity contribution in [3.05, 3.63) is 24.0 Å². The Morgan fingerprint density at radius 2 is 1.77 bits per heavy atom. The zero-order valence-electron chi connectivity index (χ0n) is 22.2. The molecule has 0 aromatic heterocycles. The van der Waals surface area contributed by atoms with Crippen molar-refractivity contribution in [1.29, 1.82) is 0 Å². The quantitative estimate of drug-likeness (QED) is 0.255. The lowest BCUT2D eigenvalue weighted by atomic mass is 9.87. The second-order valence-electron chi connectivity index (χ2n) is 10.0. The fourth-order valence-electron chi connectivity index (χ4n) is 3.50. The number of rotatable bonds is 11. The molecule has 10 heteroatoms. The number of hydrogen-bond donors (Lipinski definition) is 3. The minimum Gasteiger partial charge on any atom is -0.447 e. The summed E-state index contributed by atoms with van der Waals surface area (Å²) < 4.78 is 17.2. The maximum Gasteiger partial charge on any atom is 0.413 e. The summed E-state index contributed by atoms with van der Waals surface area (Å²) in [4.78, 5) is 37.2. The Morgan fingerprint density at radius 3 is 2.26 bits per heavy atom. The molecule has 35 heavy (non-hydrogen) atoms. The number of nitrogens with one attached hydrogen (secondary N) is 3. The van der Waals surface area contributed by atoms with Gasteiger partial charge in [-0.15, -0.1) is 0 Å². The van der Waals surface area contributed by atoms with Crippen LogP contribution in [0.1, 0.15) is 74.7 Å². The van der Waals surface area contributed by atoms with Crippen LogP contribution in [0, 0.1) is 5.92 Å². The molecule has 0 heterocycles. The van der Waals surface area contributed by atoms with Crippen LogP contribution in [0.25, 0.3) is 0 Å². The van der Waals surface area contributed by atoms with Gasteiger partial charge < -0.3 is 24.8 Å². The number of alkyl carbamates (subject to hydrolysis) is 1. The average Bonchev–Trinajstić information content (AvgIpc) is 2.71. The van der Waals surface area contributed by atoms with Gasteiger partial charge in [-0.2, -0.15) is 0 Å². The third-order valence-corrected chi connectivity index (χ3v) is 6.48. The smallest absolute Gasteiger partial charge is 0.413 e. The van der Waals surface area contributed by atoms with Gasteiger partial charge in [-0.1, -0.05) is 34.3 Å². The van der Waals surface area contributed by atoms with Crippen molar-refractivity contribution in [3.8, 4) is 0 Å².